The zero-order valence-corrected chi connectivity index (χ0v) is 15.0. The molecule has 0 bridgehead atoms. The van der Waals surface area contributed by atoms with Gasteiger partial charge >= 0.3 is 0 Å². The molecule has 6 heteroatoms. The monoisotopic (exact) mass is 392 g/mol. The fraction of sp³-hybridized carbons (Fsp3) is 0. The molecular formula is C18H8Cl4N2. The maximum absolute atomic E-state index is 9.71. The lowest BCUT2D eigenvalue weighted by molar-refractivity contribution is 1.31. The van der Waals surface area contributed by atoms with Crippen LogP contribution < -0.4 is 0 Å². The second-order valence-electron chi connectivity index (χ2n) is 4.92. The summed E-state index contributed by atoms with van der Waals surface area (Å²) in [7, 11) is 0. The molecule has 0 radical (unpaired) electrons. The van der Waals surface area contributed by atoms with Crippen LogP contribution in [0.4, 0.5) is 0 Å². The first-order chi connectivity index (χ1) is 11.5. The Balaban J connectivity index is 2.31. The van der Waals surface area contributed by atoms with E-state index in [4.69, 9.17) is 46.4 Å². The molecule has 0 unspecified atom stereocenters. The summed E-state index contributed by atoms with van der Waals surface area (Å²) in [6, 6.07) is 12.7. The van der Waals surface area contributed by atoms with E-state index in [9.17, 15) is 5.26 Å². The lowest BCUT2D eigenvalue weighted by Gasteiger charge is -2.12. The Hall–Kier alpha value is -1.76. The van der Waals surface area contributed by atoms with Gasteiger partial charge in [0, 0.05) is 34.6 Å². The summed E-state index contributed by atoms with van der Waals surface area (Å²) in [6.45, 7) is 0. The van der Waals surface area contributed by atoms with E-state index in [2.05, 4.69) is 11.1 Å². The summed E-state index contributed by atoms with van der Waals surface area (Å²) >= 11 is 24.8. The van der Waals surface area contributed by atoms with Crippen LogP contribution in [-0.2, 0) is 0 Å². The third-order valence-corrected chi connectivity index (χ3v) is 5.18. The van der Waals surface area contributed by atoms with Crippen LogP contribution in [0.1, 0.15) is 5.56 Å². The maximum Gasteiger partial charge on any atom is 0.101 e. The third-order valence-electron chi connectivity index (χ3n) is 3.54. The van der Waals surface area contributed by atoms with Crippen molar-refractivity contribution in [2.24, 2.45) is 0 Å². The van der Waals surface area contributed by atoms with Crippen LogP contribution >= 0.6 is 46.4 Å². The SMILES string of the molecule is N#Cc1c(-c2cccc(Cl)c2Cl)cncc1-c1cccc(Cl)c1Cl. The molecule has 118 valence electrons. The fourth-order valence-electron chi connectivity index (χ4n) is 2.41. The van der Waals surface area contributed by atoms with Gasteiger partial charge in [-0.25, -0.2) is 0 Å². The molecule has 24 heavy (non-hydrogen) atoms. The molecule has 0 aliphatic heterocycles. The lowest BCUT2D eigenvalue weighted by atomic mass is 9.95. The highest BCUT2D eigenvalue weighted by Gasteiger charge is 2.18. The summed E-state index contributed by atoms with van der Waals surface area (Å²) < 4.78 is 0. The summed E-state index contributed by atoms with van der Waals surface area (Å²) in [5.41, 5.74) is 2.83. The number of nitriles is 1. The molecule has 0 spiro atoms. The molecule has 0 fully saturated rings. The molecule has 0 saturated carbocycles. The summed E-state index contributed by atoms with van der Waals surface area (Å²) in [5.74, 6) is 0. The molecule has 0 aliphatic rings. The first-order valence-electron chi connectivity index (χ1n) is 6.81. The van der Waals surface area contributed by atoms with E-state index >= 15 is 0 Å². The van der Waals surface area contributed by atoms with E-state index in [1.54, 1.807) is 48.8 Å². The minimum Gasteiger partial charge on any atom is -0.263 e. The van der Waals surface area contributed by atoms with Crippen LogP contribution in [-0.4, -0.2) is 4.98 Å². The summed E-state index contributed by atoms with van der Waals surface area (Å²) in [4.78, 5) is 4.23. The molecule has 0 N–H and O–H groups in total. The predicted octanol–water partition coefficient (Wildman–Crippen LogP) is 6.90. The first-order valence-corrected chi connectivity index (χ1v) is 8.32. The van der Waals surface area contributed by atoms with Crippen molar-refractivity contribution >= 4 is 46.4 Å². The Morgan fingerprint density at radius 2 is 1.17 bits per heavy atom. The van der Waals surface area contributed by atoms with Gasteiger partial charge in [0.15, 0.2) is 0 Å². The zero-order chi connectivity index (χ0) is 17.3. The highest BCUT2D eigenvalue weighted by atomic mass is 35.5. The van der Waals surface area contributed by atoms with Crippen molar-refractivity contribution in [3.63, 3.8) is 0 Å². The van der Waals surface area contributed by atoms with Gasteiger partial charge < -0.3 is 0 Å². The summed E-state index contributed by atoms with van der Waals surface area (Å²) in [6.07, 6.45) is 3.16. The number of hydrogen-bond donors (Lipinski definition) is 0. The van der Waals surface area contributed by atoms with Crippen molar-refractivity contribution in [3.8, 4) is 28.3 Å². The molecule has 1 heterocycles. The lowest BCUT2D eigenvalue weighted by Crippen LogP contribution is -1.93. The average Bonchev–Trinajstić information content (AvgIpc) is 2.59. The van der Waals surface area contributed by atoms with Crippen LogP contribution in [0.5, 0.6) is 0 Å². The number of hydrogen-bond acceptors (Lipinski definition) is 2. The number of aromatic nitrogens is 1. The Bertz CT molecular complexity index is 907. The van der Waals surface area contributed by atoms with E-state index in [1.165, 1.54) is 0 Å². The van der Waals surface area contributed by atoms with E-state index < -0.39 is 0 Å². The van der Waals surface area contributed by atoms with Crippen LogP contribution in [0.2, 0.25) is 20.1 Å². The smallest absolute Gasteiger partial charge is 0.101 e. The molecule has 1 aromatic heterocycles. The van der Waals surface area contributed by atoms with Gasteiger partial charge in [-0.15, -0.1) is 0 Å². The Kier molecular flexibility index (Phi) is 4.99. The van der Waals surface area contributed by atoms with Crippen molar-refractivity contribution in [2.45, 2.75) is 0 Å². The molecule has 0 amide bonds. The van der Waals surface area contributed by atoms with Crippen molar-refractivity contribution in [1.29, 1.82) is 5.26 Å². The van der Waals surface area contributed by atoms with Crippen LogP contribution in [0.3, 0.4) is 0 Å². The van der Waals surface area contributed by atoms with Gasteiger partial charge in [0.05, 0.1) is 25.7 Å². The van der Waals surface area contributed by atoms with Crippen molar-refractivity contribution in [2.75, 3.05) is 0 Å². The van der Waals surface area contributed by atoms with E-state index in [1.807, 2.05) is 0 Å². The third kappa shape index (κ3) is 2.97. The molecule has 2 nitrogen and oxygen atoms in total. The number of halogens is 4. The standard InChI is InChI=1S/C18H8Cl4N2/c19-15-5-1-3-10(17(15)21)13-8-24-9-14(12(13)7-23)11-4-2-6-16(20)18(11)22/h1-6,8-9H. The van der Waals surface area contributed by atoms with Gasteiger partial charge in [0.25, 0.3) is 0 Å². The maximum atomic E-state index is 9.71. The minimum absolute atomic E-state index is 0.367. The van der Waals surface area contributed by atoms with E-state index in [0.29, 0.717) is 47.9 Å². The molecule has 3 aromatic rings. The molecule has 2 aromatic carbocycles. The largest absolute Gasteiger partial charge is 0.263 e. The van der Waals surface area contributed by atoms with Crippen LogP contribution in [0, 0.1) is 11.3 Å². The Morgan fingerprint density at radius 1 is 0.708 bits per heavy atom. The van der Waals surface area contributed by atoms with Crippen molar-refractivity contribution < 1.29 is 0 Å². The quantitative estimate of drug-likeness (QED) is 0.474. The minimum atomic E-state index is 0.367. The number of benzene rings is 2. The average molecular weight is 394 g/mol. The highest BCUT2D eigenvalue weighted by Crippen LogP contribution is 2.40. The Morgan fingerprint density at radius 3 is 1.58 bits per heavy atom. The molecular weight excluding hydrogens is 386 g/mol. The van der Waals surface area contributed by atoms with Crippen LogP contribution in [0.15, 0.2) is 48.8 Å². The second-order valence-corrected chi connectivity index (χ2v) is 6.49. The van der Waals surface area contributed by atoms with Gasteiger partial charge in [-0.1, -0.05) is 70.7 Å². The molecule has 0 saturated heterocycles. The van der Waals surface area contributed by atoms with Crippen molar-refractivity contribution in [1.82, 2.24) is 4.98 Å². The van der Waals surface area contributed by atoms with Crippen LogP contribution in [0.25, 0.3) is 22.3 Å². The molecule has 0 atom stereocenters. The predicted molar refractivity (Wildman–Crippen MR) is 99.9 cm³/mol. The number of pyridine rings is 1. The number of rotatable bonds is 2. The highest BCUT2D eigenvalue weighted by molar-refractivity contribution is 6.44. The van der Waals surface area contributed by atoms with Gasteiger partial charge in [0.1, 0.15) is 6.07 Å². The zero-order valence-electron chi connectivity index (χ0n) is 12.0. The van der Waals surface area contributed by atoms with E-state index in [0.717, 1.165) is 0 Å². The van der Waals surface area contributed by atoms with Gasteiger partial charge in [0.2, 0.25) is 0 Å². The fourth-order valence-corrected chi connectivity index (χ4v) is 3.22. The number of nitrogens with zero attached hydrogens (tertiary/aromatic N) is 2. The van der Waals surface area contributed by atoms with Crippen molar-refractivity contribution in [3.05, 3.63) is 74.4 Å². The van der Waals surface area contributed by atoms with Gasteiger partial charge in [-0.2, -0.15) is 5.26 Å². The first kappa shape index (κ1) is 17.1. The second kappa shape index (κ2) is 7.01. The summed E-state index contributed by atoms with van der Waals surface area (Å²) in [5, 5.41) is 11.3. The van der Waals surface area contributed by atoms with Gasteiger partial charge in [-0.3, -0.25) is 4.98 Å². The molecule has 0 aliphatic carbocycles. The van der Waals surface area contributed by atoms with Gasteiger partial charge in [-0.05, 0) is 12.1 Å². The Labute approximate surface area is 159 Å². The topological polar surface area (TPSA) is 36.7 Å². The van der Waals surface area contributed by atoms with E-state index in [-0.39, 0.29) is 0 Å². The molecule has 3 rings (SSSR count). The normalized spacial score (nSPS) is 10.5.